The minimum absolute atomic E-state index is 0.0283. The molecule has 6 heteroatoms. The molecule has 0 bridgehead atoms. The van der Waals surface area contributed by atoms with E-state index in [0.717, 1.165) is 18.2 Å². The predicted molar refractivity (Wildman–Crippen MR) is 74.9 cm³/mol. The Labute approximate surface area is 122 Å². The second-order valence-electron chi connectivity index (χ2n) is 6.48. The molecule has 0 radical (unpaired) electrons. The molecule has 0 aromatic heterocycles. The monoisotopic (exact) mass is 304 g/mol. The zero-order valence-electron chi connectivity index (χ0n) is 12.4. The highest BCUT2D eigenvalue weighted by atomic mass is 19.4. The molecule has 118 valence electrons. The summed E-state index contributed by atoms with van der Waals surface area (Å²) in [5.41, 5.74) is -0.832. The van der Waals surface area contributed by atoms with Gasteiger partial charge in [-0.25, -0.2) is 4.39 Å². The molecule has 21 heavy (non-hydrogen) atoms. The molecule has 0 amide bonds. The lowest BCUT2D eigenvalue weighted by molar-refractivity contribution is -0.137. The highest BCUT2D eigenvalue weighted by Gasteiger charge is 2.34. The van der Waals surface area contributed by atoms with Crippen molar-refractivity contribution < 1.29 is 17.6 Å². The van der Waals surface area contributed by atoms with E-state index in [1.165, 1.54) is 0 Å². The van der Waals surface area contributed by atoms with Crippen LogP contribution in [0.25, 0.3) is 0 Å². The third-order valence-electron chi connectivity index (χ3n) is 3.83. The first-order valence-corrected chi connectivity index (χ1v) is 6.94. The molecule has 1 aliphatic heterocycles. The highest BCUT2D eigenvalue weighted by molar-refractivity contribution is 5.51. The minimum Gasteiger partial charge on any atom is -0.366 e. The van der Waals surface area contributed by atoms with Gasteiger partial charge in [0.05, 0.1) is 11.3 Å². The van der Waals surface area contributed by atoms with Gasteiger partial charge in [0.2, 0.25) is 0 Å². The van der Waals surface area contributed by atoms with Gasteiger partial charge in [-0.2, -0.15) is 13.2 Å². The number of nitrogens with zero attached hydrogens (tertiary/aromatic N) is 1. The third-order valence-corrected chi connectivity index (χ3v) is 3.83. The fourth-order valence-corrected chi connectivity index (χ4v) is 2.48. The van der Waals surface area contributed by atoms with Crippen LogP contribution in [0, 0.1) is 11.2 Å². The van der Waals surface area contributed by atoms with E-state index in [1.54, 1.807) is 4.90 Å². The summed E-state index contributed by atoms with van der Waals surface area (Å²) >= 11 is 0. The van der Waals surface area contributed by atoms with Crippen LogP contribution in [0.2, 0.25) is 0 Å². The maximum atomic E-state index is 13.9. The van der Waals surface area contributed by atoms with E-state index in [0.29, 0.717) is 19.6 Å². The normalized spacial score (nSPS) is 20.7. The first-order valence-electron chi connectivity index (χ1n) is 6.94. The summed E-state index contributed by atoms with van der Waals surface area (Å²) in [7, 11) is 0. The Balaban J connectivity index is 2.29. The smallest absolute Gasteiger partial charge is 0.366 e. The lowest BCUT2D eigenvalue weighted by Crippen LogP contribution is -2.56. The number of anilines is 1. The number of piperazine rings is 1. The van der Waals surface area contributed by atoms with Crippen molar-refractivity contribution in [2.75, 3.05) is 24.5 Å². The fourth-order valence-electron chi connectivity index (χ4n) is 2.48. The number of hydrogen-bond donors (Lipinski definition) is 1. The molecule has 1 aliphatic rings. The van der Waals surface area contributed by atoms with Crippen molar-refractivity contribution >= 4 is 5.69 Å². The highest BCUT2D eigenvalue weighted by Crippen LogP contribution is 2.34. The Morgan fingerprint density at radius 3 is 2.43 bits per heavy atom. The van der Waals surface area contributed by atoms with Crippen molar-refractivity contribution in [2.24, 2.45) is 5.41 Å². The number of hydrogen-bond acceptors (Lipinski definition) is 2. The van der Waals surface area contributed by atoms with E-state index < -0.39 is 17.6 Å². The van der Waals surface area contributed by atoms with Crippen LogP contribution in [0.15, 0.2) is 18.2 Å². The minimum atomic E-state index is -4.46. The fraction of sp³-hybridized carbons (Fsp3) is 0.600. The predicted octanol–water partition coefficient (Wildman–Crippen LogP) is 3.67. The zero-order valence-corrected chi connectivity index (χ0v) is 12.4. The standard InChI is InChI=1S/C15H20F4N2/c1-14(2,3)13-9-21(7-6-20-13)12-8-10(15(17,18)19)4-5-11(12)16/h4-5,8,13,20H,6-7,9H2,1-3H3. The molecule has 1 aromatic carbocycles. The Kier molecular flexibility index (Phi) is 4.19. The van der Waals surface area contributed by atoms with E-state index >= 15 is 0 Å². The Morgan fingerprint density at radius 2 is 1.86 bits per heavy atom. The average Bonchev–Trinajstić information content (AvgIpc) is 2.37. The number of halogens is 4. The third kappa shape index (κ3) is 3.67. The molecule has 1 unspecified atom stereocenters. The summed E-state index contributed by atoms with van der Waals surface area (Å²) in [6, 6.07) is 2.68. The molecule has 0 spiro atoms. The van der Waals surface area contributed by atoms with Gasteiger partial charge in [-0.15, -0.1) is 0 Å². The summed E-state index contributed by atoms with van der Waals surface area (Å²) in [6.07, 6.45) is -4.46. The molecule has 1 N–H and O–H groups in total. The topological polar surface area (TPSA) is 15.3 Å². The summed E-state index contributed by atoms with van der Waals surface area (Å²) in [4.78, 5) is 1.69. The van der Waals surface area contributed by atoms with E-state index in [-0.39, 0.29) is 17.1 Å². The first kappa shape index (κ1) is 16.1. The van der Waals surface area contributed by atoms with Crippen molar-refractivity contribution in [3.05, 3.63) is 29.6 Å². The van der Waals surface area contributed by atoms with Crippen molar-refractivity contribution in [2.45, 2.75) is 33.0 Å². The van der Waals surface area contributed by atoms with E-state index in [4.69, 9.17) is 0 Å². The molecule has 0 saturated carbocycles. The van der Waals surface area contributed by atoms with Crippen LogP contribution in [-0.2, 0) is 6.18 Å². The van der Waals surface area contributed by atoms with Crippen molar-refractivity contribution in [1.82, 2.24) is 5.32 Å². The summed E-state index contributed by atoms with van der Waals surface area (Å²) in [6.45, 7) is 7.76. The molecular weight excluding hydrogens is 284 g/mol. The number of nitrogens with one attached hydrogen (secondary N) is 1. The van der Waals surface area contributed by atoms with Crippen LogP contribution in [0.4, 0.5) is 23.2 Å². The molecular formula is C15H20F4N2. The van der Waals surface area contributed by atoms with Crippen molar-refractivity contribution in [3.8, 4) is 0 Å². The molecule has 1 atom stereocenters. The van der Waals surface area contributed by atoms with E-state index in [2.05, 4.69) is 26.1 Å². The summed E-state index contributed by atoms with van der Waals surface area (Å²) < 4.78 is 52.3. The van der Waals surface area contributed by atoms with Crippen LogP contribution in [0.1, 0.15) is 26.3 Å². The number of rotatable bonds is 1. The van der Waals surface area contributed by atoms with Gasteiger partial charge in [-0.1, -0.05) is 20.8 Å². The second-order valence-corrected chi connectivity index (χ2v) is 6.48. The average molecular weight is 304 g/mol. The van der Waals surface area contributed by atoms with Gasteiger partial charge in [-0.3, -0.25) is 0 Å². The molecule has 2 nitrogen and oxygen atoms in total. The van der Waals surface area contributed by atoms with Crippen molar-refractivity contribution in [3.63, 3.8) is 0 Å². The first-order chi connectivity index (χ1) is 9.59. The SMILES string of the molecule is CC(C)(C)C1CN(c2cc(C(F)(F)F)ccc2F)CCN1. The number of benzene rings is 1. The van der Waals surface area contributed by atoms with E-state index in [1.807, 2.05) is 0 Å². The quantitative estimate of drug-likeness (QED) is 0.796. The Morgan fingerprint density at radius 1 is 1.19 bits per heavy atom. The van der Waals surface area contributed by atoms with Crippen LogP contribution in [-0.4, -0.2) is 25.7 Å². The summed E-state index contributed by atoms with van der Waals surface area (Å²) in [5.74, 6) is -0.613. The van der Waals surface area contributed by atoms with Crippen LogP contribution < -0.4 is 10.2 Å². The zero-order chi connectivity index (χ0) is 15.8. The number of alkyl halides is 3. The summed E-state index contributed by atoms with van der Waals surface area (Å²) in [5, 5.41) is 3.34. The van der Waals surface area contributed by atoms with E-state index in [9.17, 15) is 17.6 Å². The maximum absolute atomic E-state index is 13.9. The second kappa shape index (κ2) is 5.48. The van der Waals surface area contributed by atoms with Gasteiger partial charge in [-0.05, 0) is 23.6 Å². The largest absolute Gasteiger partial charge is 0.416 e. The van der Waals surface area contributed by atoms with Gasteiger partial charge >= 0.3 is 6.18 Å². The molecule has 1 heterocycles. The molecule has 1 aromatic rings. The van der Waals surface area contributed by atoms with Crippen LogP contribution >= 0.6 is 0 Å². The maximum Gasteiger partial charge on any atom is 0.416 e. The molecule has 0 aliphatic carbocycles. The van der Waals surface area contributed by atoms with Gasteiger partial charge in [0, 0.05) is 25.7 Å². The van der Waals surface area contributed by atoms with Crippen LogP contribution in [0.3, 0.4) is 0 Å². The van der Waals surface area contributed by atoms with Gasteiger partial charge in [0.15, 0.2) is 0 Å². The van der Waals surface area contributed by atoms with Gasteiger partial charge < -0.3 is 10.2 Å². The van der Waals surface area contributed by atoms with Crippen molar-refractivity contribution in [1.29, 1.82) is 0 Å². The molecule has 1 saturated heterocycles. The lowest BCUT2D eigenvalue weighted by atomic mass is 9.85. The Hall–Kier alpha value is -1.30. The molecule has 1 fully saturated rings. The molecule has 2 rings (SSSR count). The van der Waals surface area contributed by atoms with Crippen LogP contribution in [0.5, 0.6) is 0 Å². The lowest BCUT2D eigenvalue weighted by Gasteiger charge is -2.41. The van der Waals surface area contributed by atoms with Gasteiger partial charge in [0.25, 0.3) is 0 Å². The van der Waals surface area contributed by atoms with Gasteiger partial charge in [0.1, 0.15) is 5.82 Å². The Bertz CT molecular complexity index is 505.